The molecule has 182 valence electrons. The molecule has 1 aromatic heterocycles. The number of nitrogens with zero attached hydrogens (tertiary/aromatic N) is 3. The predicted molar refractivity (Wildman–Crippen MR) is 130 cm³/mol. The van der Waals surface area contributed by atoms with Crippen LogP contribution < -0.4 is 5.01 Å². The quantitative estimate of drug-likeness (QED) is 0.115. The maximum absolute atomic E-state index is 14.3. The Balaban J connectivity index is 1.57. The molecule has 10 heteroatoms. The van der Waals surface area contributed by atoms with Crippen molar-refractivity contribution >= 4 is 50.2 Å². The minimum absolute atomic E-state index is 0.0366. The Morgan fingerprint density at radius 2 is 1.50 bits per heavy atom. The van der Waals surface area contributed by atoms with E-state index in [0.29, 0.717) is 12.1 Å². The number of carbonyl (C=O) groups is 1. The second-order valence-electron chi connectivity index (χ2n) is 8.13. The fraction of sp³-hybridized carbons (Fsp3) is 0.0769. The van der Waals surface area contributed by atoms with Gasteiger partial charge < -0.3 is 4.57 Å². The second-order valence-corrected chi connectivity index (χ2v) is 9.05. The van der Waals surface area contributed by atoms with Gasteiger partial charge in [0.05, 0.1) is 11.3 Å². The minimum atomic E-state index is -2.31. The number of benzene rings is 3. The van der Waals surface area contributed by atoms with E-state index in [-0.39, 0.29) is 16.3 Å². The number of carbonyl (C=O) groups excluding carboxylic acids is 1. The topological polar surface area (TPSA) is 37.6 Å². The number of anilines is 1. The zero-order chi connectivity index (χ0) is 25.7. The van der Waals surface area contributed by atoms with Gasteiger partial charge in [-0.25, -0.2) is 22.0 Å². The average molecular weight is 560 g/mol. The Morgan fingerprint density at radius 3 is 2.17 bits per heavy atom. The predicted octanol–water partition coefficient (Wildman–Crippen LogP) is 6.95. The molecular weight excluding hydrogens is 545 g/mol. The third kappa shape index (κ3) is 3.91. The van der Waals surface area contributed by atoms with Crippen molar-refractivity contribution in [2.75, 3.05) is 5.01 Å². The lowest BCUT2D eigenvalue weighted by Gasteiger charge is -2.15. The van der Waals surface area contributed by atoms with Crippen LogP contribution in [0.15, 0.2) is 69.9 Å². The van der Waals surface area contributed by atoms with Gasteiger partial charge >= 0.3 is 0 Å². The second kappa shape index (κ2) is 9.02. The van der Waals surface area contributed by atoms with Crippen molar-refractivity contribution in [3.63, 3.8) is 0 Å². The number of rotatable bonds is 4. The first-order valence-electron chi connectivity index (χ1n) is 10.6. The van der Waals surface area contributed by atoms with Crippen molar-refractivity contribution in [2.24, 2.45) is 5.10 Å². The Bertz CT molecular complexity index is 1580. The standard InChI is InChI=1S/C26H15BrF5N3O/c1-13-18(26(36)35(33-13)25-23(31)21(29)20(28)22(30)24(25)32)10-15-12-34(19-5-3-2-4-17(15)19)11-14-6-8-16(27)9-7-14/h2-10,12H,11H2,1H3/b18-10-. The Kier molecular flexibility index (Phi) is 5.99. The van der Waals surface area contributed by atoms with Crippen molar-refractivity contribution in [2.45, 2.75) is 13.5 Å². The lowest BCUT2D eigenvalue weighted by atomic mass is 10.1. The summed E-state index contributed by atoms with van der Waals surface area (Å²) in [7, 11) is 0. The van der Waals surface area contributed by atoms with Gasteiger partial charge in [0.2, 0.25) is 5.82 Å². The molecule has 36 heavy (non-hydrogen) atoms. The Morgan fingerprint density at radius 1 is 0.889 bits per heavy atom. The van der Waals surface area contributed by atoms with Crippen LogP contribution in [0.3, 0.4) is 0 Å². The van der Waals surface area contributed by atoms with Crippen LogP contribution in [0, 0.1) is 29.1 Å². The molecule has 5 rings (SSSR count). The Hall–Kier alpha value is -3.79. The zero-order valence-corrected chi connectivity index (χ0v) is 20.1. The van der Waals surface area contributed by atoms with Crippen molar-refractivity contribution in [1.29, 1.82) is 0 Å². The van der Waals surface area contributed by atoms with Crippen LogP contribution >= 0.6 is 15.9 Å². The number of hydrogen-bond acceptors (Lipinski definition) is 2. The normalized spacial score (nSPS) is 14.9. The molecule has 0 aliphatic carbocycles. The summed E-state index contributed by atoms with van der Waals surface area (Å²) in [5.74, 6) is -11.9. The van der Waals surface area contributed by atoms with Crippen molar-refractivity contribution in [1.82, 2.24) is 4.57 Å². The van der Waals surface area contributed by atoms with Gasteiger partial charge in [-0.1, -0.05) is 46.3 Å². The van der Waals surface area contributed by atoms with Gasteiger partial charge in [0, 0.05) is 33.7 Å². The molecule has 0 saturated heterocycles. The van der Waals surface area contributed by atoms with Crippen LogP contribution in [0.5, 0.6) is 0 Å². The third-order valence-electron chi connectivity index (χ3n) is 5.85. The largest absolute Gasteiger partial charge is 0.342 e. The highest BCUT2D eigenvalue weighted by atomic mass is 79.9. The van der Waals surface area contributed by atoms with Gasteiger partial charge in [-0.05, 0) is 36.8 Å². The number of fused-ring (bicyclic) bond motifs is 1. The summed E-state index contributed by atoms with van der Waals surface area (Å²) in [5, 5.41) is 4.81. The molecule has 0 spiro atoms. The van der Waals surface area contributed by atoms with Gasteiger partial charge in [-0.3, -0.25) is 4.79 Å². The van der Waals surface area contributed by atoms with Crippen molar-refractivity contribution in [3.05, 3.63) is 105 Å². The van der Waals surface area contributed by atoms with E-state index < -0.39 is 40.7 Å². The minimum Gasteiger partial charge on any atom is -0.342 e. The highest BCUT2D eigenvalue weighted by molar-refractivity contribution is 9.10. The SMILES string of the molecule is CC1=NN(c2c(F)c(F)c(F)c(F)c2F)C(=O)/C1=C\c1cn(Cc2ccc(Br)cc2)c2ccccc12. The van der Waals surface area contributed by atoms with Crippen LogP contribution in [-0.2, 0) is 11.3 Å². The number of para-hydroxylation sites is 1. The monoisotopic (exact) mass is 559 g/mol. The van der Waals surface area contributed by atoms with E-state index in [0.717, 1.165) is 20.9 Å². The molecule has 1 aliphatic rings. The number of aromatic nitrogens is 1. The van der Waals surface area contributed by atoms with Gasteiger partial charge in [0.15, 0.2) is 23.3 Å². The first kappa shape index (κ1) is 23.9. The molecule has 0 bridgehead atoms. The smallest absolute Gasteiger partial charge is 0.280 e. The molecule has 2 heterocycles. The van der Waals surface area contributed by atoms with E-state index in [1.165, 1.54) is 13.0 Å². The highest BCUT2D eigenvalue weighted by Gasteiger charge is 2.37. The molecule has 0 radical (unpaired) electrons. The van der Waals surface area contributed by atoms with E-state index in [1.807, 2.05) is 59.3 Å². The fourth-order valence-electron chi connectivity index (χ4n) is 4.08. The maximum Gasteiger partial charge on any atom is 0.280 e. The molecule has 1 aliphatic heterocycles. The van der Waals surface area contributed by atoms with Crippen LogP contribution in [-0.4, -0.2) is 16.2 Å². The summed E-state index contributed by atoms with van der Waals surface area (Å²) < 4.78 is 72.6. The van der Waals surface area contributed by atoms with Gasteiger partial charge in [-0.15, -0.1) is 0 Å². The maximum atomic E-state index is 14.3. The first-order chi connectivity index (χ1) is 17.2. The van der Waals surface area contributed by atoms with E-state index in [4.69, 9.17) is 0 Å². The summed E-state index contributed by atoms with van der Waals surface area (Å²) in [6.45, 7) is 1.95. The van der Waals surface area contributed by atoms with Crippen LogP contribution in [0.1, 0.15) is 18.1 Å². The molecule has 4 aromatic rings. The number of amides is 1. The number of halogens is 6. The molecule has 0 unspecified atom stereocenters. The lowest BCUT2D eigenvalue weighted by molar-refractivity contribution is -0.114. The summed E-state index contributed by atoms with van der Waals surface area (Å²) in [5.41, 5.74) is 1.14. The van der Waals surface area contributed by atoms with Gasteiger partial charge in [0.25, 0.3) is 5.91 Å². The summed E-state index contributed by atoms with van der Waals surface area (Å²) in [4.78, 5) is 13.1. The van der Waals surface area contributed by atoms with E-state index in [2.05, 4.69) is 21.0 Å². The first-order valence-corrected chi connectivity index (χ1v) is 11.4. The molecule has 0 saturated carbocycles. The summed E-state index contributed by atoms with van der Waals surface area (Å²) in [6, 6.07) is 15.3. The number of hydrogen-bond donors (Lipinski definition) is 0. The van der Waals surface area contributed by atoms with Crippen molar-refractivity contribution in [3.8, 4) is 0 Å². The van der Waals surface area contributed by atoms with Crippen LogP contribution in [0.2, 0.25) is 0 Å². The molecule has 1 amide bonds. The lowest BCUT2D eigenvalue weighted by Crippen LogP contribution is -2.25. The van der Waals surface area contributed by atoms with E-state index in [1.54, 1.807) is 0 Å². The van der Waals surface area contributed by atoms with E-state index in [9.17, 15) is 26.7 Å². The van der Waals surface area contributed by atoms with Crippen LogP contribution in [0.4, 0.5) is 27.6 Å². The molecule has 0 fully saturated rings. The number of hydrazone groups is 1. The van der Waals surface area contributed by atoms with E-state index >= 15 is 0 Å². The summed E-state index contributed by atoms with van der Waals surface area (Å²) >= 11 is 3.41. The molecule has 3 aromatic carbocycles. The molecule has 0 N–H and O–H groups in total. The van der Waals surface area contributed by atoms with Gasteiger partial charge in [0.1, 0.15) is 5.69 Å². The van der Waals surface area contributed by atoms with Crippen LogP contribution in [0.25, 0.3) is 17.0 Å². The third-order valence-corrected chi connectivity index (χ3v) is 6.38. The molecule has 4 nitrogen and oxygen atoms in total. The van der Waals surface area contributed by atoms with Crippen molar-refractivity contribution < 1.29 is 26.7 Å². The highest BCUT2D eigenvalue weighted by Crippen LogP contribution is 2.34. The average Bonchev–Trinajstić information content (AvgIpc) is 3.35. The Labute approximate surface area is 210 Å². The molecular formula is C26H15BrF5N3O. The van der Waals surface area contributed by atoms with Gasteiger partial charge in [-0.2, -0.15) is 10.1 Å². The molecule has 0 atom stereocenters. The fourth-order valence-corrected chi connectivity index (χ4v) is 4.34. The zero-order valence-electron chi connectivity index (χ0n) is 18.5. The summed E-state index contributed by atoms with van der Waals surface area (Å²) in [6.07, 6.45) is 3.31.